The zero-order chi connectivity index (χ0) is 16.4. The van der Waals surface area contributed by atoms with Gasteiger partial charge in [-0.3, -0.25) is 5.43 Å². The van der Waals surface area contributed by atoms with Gasteiger partial charge in [0.05, 0.1) is 11.4 Å². The first-order valence-electron chi connectivity index (χ1n) is 7.64. The molecule has 3 aromatic rings. The highest BCUT2D eigenvalue weighted by atomic mass is 35.5. The first-order valence-corrected chi connectivity index (χ1v) is 8.02. The Hall–Kier alpha value is -2.91. The van der Waals surface area contributed by atoms with Gasteiger partial charge < -0.3 is 0 Å². The van der Waals surface area contributed by atoms with Gasteiger partial charge in [0.1, 0.15) is 0 Å². The summed E-state index contributed by atoms with van der Waals surface area (Å²) < 4.78 is 0. The third-order valence-electron chi connectivity index (χ3n) is 3.83. The van der Waals surface area contributed by atoms with Gasteiger partial charge >= 0.3 is 0 Å². The molecule has 0 saturated heterocycles. The molecule has 0 spiro atoms. The van der Waals surface area contributed by atoms with Crippen molar-refractivity contribution in [3.63, 3.8) is 0 Å². The lowest BCUT2D eigenvalue weighted by atomic mass is 10.0. The van der Waals surface area contributed by atoms with Gasteiger partial charge in [-0.15, -0.1) is 0 Å². The molecule has 0 fully saturated rings. The highest BCUT2D eigenvalue weighted by Gasteiger charge is 2.16. The van der Waals surface area contributed by atoms with E-state index in [1.54, 1.807) is 0 Å². The second kappa shape index (κ2) is 6.30. The van der Waals surface area contributed by atoms with Gasteiger partial charge in [0.25, 0.3) is 0 Å². The SMILES string of the molecule is Clc1ccc(C2=Nc3ccccc3C(c3ccccc3)=NN2)cc1. The second-order valence-electron chi connectivity index (χ2n) is 5.42. The molecule has 24 heavy (non-hydrogen) atoms. The number of rotatable bonds is 2. The van der Waals surface area contributed by atoms with Crippen molar-refractivity contribution in [1.29, 1.82) is 0 Å². The molecule has 0 saturated carbocycles. The average molecular weight is 332 g/mol. The molecule has 0 aliphatic carbocycles. The third kappa shape index (κ3) is 2.82. The fourth-order valence-corrected chi connectivity index (χ4v) is 2.76. The van der Waals surface area contributed by atoms with Crippen LogP contribution >= 0.6 is 11.6 Å². The lowest BCUT2D eigenvalue weighted by Crippen LogP contribution is -2.19. The van der Waals surface area contributed by atoms with E-state index in [2.05, 4.69) is 10.5 Å². The van der Waals surface area contributed by atoms with Crippen molar-refractivity contribution >= 4 is 28.8 Å². The smallest absolute Gasteiger partial charge is 0.154 e. The molecule has 4 heteroatoms. The zero-order valence-corrected chi connectivity index (χ0v) is 13.5. The molecule has 0 amide bonds. The van der Waals surface area contributed by atoms with E-state index >= 15 is 0 Å². The van der Waals surface area contributed by atoms with Crippen LogP contribution in [-0.2, 0) is 0 Å². The molecule has 1 aliphatic rings. The Kier molecular flexibility index (Phi) is 3.85. The van der Waals surface area contributed by atoms with Crippen LogP contribution in [0.2, 0.25) is 5.02 Å². The monoisotopic (exact) mass is 331 g/mol. The molecule has 1 aliphatic heterocycles. The number of aliphatic imine (C=N–C) groups is 1. The fourth-order valence-electron chi connectivity index (χ4n) is 2.64. The Labute approximate surface area is 145 Å². The summed E-state index contributed by atoms with van der Waals surface area (Å²) in [6.07, 6.45) is 0. The first-order chi connectivity index (χ1) is 11.8. The number of amidine groups is 1. The molecular formula is C20H14ClN3. The summed E-state index contributed by atoms with van der Waals surface area (Å²) in [5.74, 6) is 0.699. The Bertz CT molecular complexity index is 929. The van der Waals surface area contributed by atoms with Crippen LogP contribution in [0.4, 0.5) is 5.69 Å². The van der Waals surface area contributed by atoms with E-state index in [-0.39, 0.29) is 0 Å². The number of hydrogen-bond acceptors (Lipinski definition) is 3. The average Bonchev–Trinajstić information content (AvgIpc) is 2.83. The van der Waals surface area contributed by atoms with E-state index in [9.17, 15) is 0 Å². The fraction of sp³-hybridized carbons (Fsp3) is 0. The molecule has 116 valence electrons. The molecule has 3 nitrogen and oxygen atoms in total. The van der Waals surface area contributed by atoms with Crippen LogP contribution in [-0.4, -0.2) is 11.5 Å². The number of halogens is 1. The number of hydrazone groups is 1. The topological polar surface area (TPSA) is 36.8 Å². The quantitative estimate of drug-likeness (QED) is 0.721. The van der Waals surface area contributed by atoms with Crippen LogP contribution in [0, 0.1) is 0 Å². The van der Waals surface area contributed by atoms with Crippen molar-refractivity contribution in [3.05, 3.63) is 101 Å². The summed E-state index contributed by atoms with van der Waals surface area (Å²) in [4.78, 5) is 4.76. The standard InChI is InChI=1S/C20H14ClN3/c21-16-12-10-15(11-13-16)20-22-18-9-5-4-8-17(18)19(23-24-20)14-6-2-1-3-7-14/h1-13H,(H,22,24). The van der Waals surface area contributed by atoms with Crippen LogP contribution in [0.25, 0.3) is 0 Å². The van der Waals surface area contributed by atoms with Crippen molar-refractivity contribution in [2.24, 2.45) is 10.1 Å². The van der Waals surface area contributed by atoms with Gasteiger partial charge in [-0.2, -0.15) is 5.10 Å². The van der Waals surface area contributed by atoms with Gasteiger partial charge in [0.2, 0.25) is 0 Å². The predicted octanol–water partition coefficient (Wildman–Crippen LogP) is 4.77. The molecule has 4 rings (SSSR count). The van der Waals surface area contributed by atoms with Crippen LogP contribution in [0.15, 0.2) is 89.0 Å². The van der Waals surface area contributed by atoms with E-state index in [0.717, 1.165) is 28.1 Å². The molecule has 0 bridgehead atoms. The maximum atomic E-state index is 5.98. The van der Waals surface area contributed by atoms with E-state index in [1.165, 1.54) is 0 Å². The number of benzene rings is 3. The van der Waals surface area contributed by atoms with Crippen molar-refractivity contribution in [2.45, 2.75) is 0 Å². The number of nitrogens with zero attached hydrogens (tertiary/aromatic N) is 2. The maximum Gasteiger partial charge on any atom is 0.154 e. The minimum atomic E-state index is 0.696. The first kappa shape index (κ1) is 14.7. The molecule has 1 N–H and O–H groups in total. The Morgan fingerprint density at radius 2 is 1.42 bits per heavy atom. The summed E-state index contributed by atoms with van der Waals surface area (Å²) in [6, 6.07) is 25.7. The van der Waals surface area contributed by atoms with Crippen LogP contribution in [0.5, 0.6) is 0 Å². The zero-order valence-electron chi connectivity index (χ0n) is 12.8. The van der Waals surface area contributed by atoms with Crippen molar-refractivity contribution in [2.75, 3.05) is 0 Å². The lowest BCUT2D eigenvalue weighted by molar-refractivity contribution is 1.03. The van der Waals surface area contributed by atoms with Crippen molar-refractivity contribution in [3.8, 4) is 0 Å². The van der Waals surface area contributed by atoms with E-state index < -0.39 is 0 Å². The van der Waals surface area contributed by atoms with Crippen LogP contribution < -0.4 is 5.43 Å². The van der Waals surface area contributed by atoms with Crippen LogP contribution in [0.3, 0.4) is 0 Å². The third-order valence-corrected chi connectivity index (χ3v) is 4.08. The molecule has 3 aromatic carbocycles. The minimum absolute atomic E-state index is 0.696. The minimum Gasteiger partial charge on any atom is -0.260 e. The Morgan fingerprint density at radius 3 is 2.21 bits per heavy atom. The van der Waals surface area contributed by atoms with E-state index in [0.29, 0.717) is 10.9 Å². The molecule has 0 aromatic heterocycles. The normalized spacial score (nSPS) is 13.2. The van der Waals surface area contributed by atoms with E-state index in [1.807, 2.05) is 78.9 Å². The Balaban J connectivity index is 1.84. The highest BCUT2D eigenvalue weighted by molar-refractivity contribution is 6.30. The molecular weight excluding hydrogens is 318 g/mol. The summed E-state index contributed by atoms with van der Waals surface area (Å²) in [5, 5.41) is 5.31. The van der Waals surface area contributed by atoms with Crippen molar-refractivity contribution < 1.29 is 0 Å². The highest BCUT2D eigenvalue weighted by Crippen LogP contribution is 2.25. The number of fused-ring (bicyclic) bond motifs is 1. The van der Waals surface area contributed by atoms with Crippen molar-refractivity contribution in [1.82, 2.24) is 5.43 Å². The molecule has 0 radical (unpaired) electrons. The van der Waals surface area contributed by atoms with Gasteiger partial charge in [0.15, 0.2) is 5.84 Å². The predicted molar refractivity (Wildman–Crippen MR) is 99.3 cm³/mol. The number of hydrogen-bond donors (Lipinski definition) is 1. The molecule has 0 unspecified atom stereocenters. The lowest BCUT2D eigenvalue weighted by Gasteiger charge is -2.07. The summed E-state index contributed by atoms with van der Waals surface area (Å²) in [5.41, 5.74) is 7.85. The van der Waals surface area contributed by atoms with Gasteiger partial charge in [0, 0.05) is 21.7 Å². The second-order valence-corrected chi connectivity index (χ2v) is 5.86. The summed E-state index contributed by atoms with van der Waals surface area (Å²) in [6.45, 7) is 0. The maximum absolute atomic E-state index is 5.98. The van der Waals surface area contributed by atoms with Crippen LogP contribution in [0.1, 0.15) is 16.7 Å². The largest absolute Gasteiger partial charge is 0.260 e. The Morgan fingerprint density at radius 1 is 0.708 bits per heavy atom. The van der Waals surface area contributed by atoms with Gasteiger partial charge in [-0.25, -0.2) is 4.99 Å². The number of para-hydroxylation sites is 1. The van der Waals surface area contributed by atoms with E-state index in [4.69, 9.17) is 16.6 Å². The molecule has 1 heterocycles. The summed E-state index contributed by atoms with van der Waals surface area (Å²) in [7, 11) is 0. The van der Waals surface area contributed by atoms with Gasteiger partial charge in [-0.1, -0.05) is 60.1 Å². The number of nitrogens with one attached hydrogen (secondary N) is 1. The molecule has 0 atom stereocenters. The summed E-state index contributed by atoms with van der Waals surface area (Å²) >= 11 is 5.98. The van der Waals surface area contributed by atoms with Gasteiger partial charge in [-0.05, 0) is 30.3 Å².